The molecule has 0 aromatic carbocycles. The predicted octanol–water partition coefficient (Wildman–Crippen LogP) is 1.19. The zero-order valence-electron chi connectivity index (χ0n) is 9.78. The molecule has 8 nitrogen and oxygen atoms in total. The summed E-state index contributed by atoms with van der Waals surface area (Å²) in [5.74, 6) is 0.304. The molecule has 0 fully saturated rings. The summed E-state index contributed by atoms with van der Waals surface area (Å²) >= 11 is 0. The number of rotatable bonds is 3. The van der Waals surface area contributed by atoms with E-state index in [-0.39, 0.29) is 17.1 Å². The van der Waals surface area contributed by atoms with Gasteiger partial charge < -0.3 is 5.32 Å². The van der Waals surface area contributed by atoms with Crippen molar-refractivity contribution in [2.45, 2.75) is 6.92 Å². The summed E-state index contributed by atoms with van der Waals surface area (Å²) in [4.78, 5) is 26.5. The van der Waals surface area contributed by atoms with Gasteiger partial charge in [-0.05, 0) is 6.92 Å². The van der Waals surface area contributed by atoms with E-state index >= 15 is 0 Å². The highest BCUT2D eigenvalue weighted by atomic mass is 16.6. The van der Waals surface area contributed by atoms with Crippen LogP contribution in [0.5, 0.6) is 0 Å². The van der Waals surface area contributed by atoms with Gasteiger partial charge in [0.05, 0.1) is 11.1 Å². The normalized spacial score (nSPS) is 10.1. The molecule has 0 aliphatic heterocycles. The van der Waals surface area contributed by atoms with Crippen molar-refractivity contribution >= 4 is 11.6 Å². The molecule has 0 saturated heterocycles. The lowest BCUT2D eigenvalue weighted by Crippen LogP contribution is -2.05. The van der Waals surface area contributed by atoms with Crippen molar-refractivity contribution in [2.75, 3.05) is 12.4 Å². The molecule has 0 aliphatic carbocycles. The van der Waals surface area contributed by atoms with Gasteiger partial charge in [-0.2, -0.15) is 0 Å². The minimum atomic E-state index is -0.515. The highest BCUT2D eigenvalue weighted by Crippen LogP contribution is 2.29. The largest absolute Gasteiger partial charge is 0.357 e. The number of aromatic nitrogens is 4. The Balaban J connectivity index is 2.71. The molecular formula is C10H10N6O2. The number of aryl methyl sites for hydroxylation is 1. The number of hydrogen-bond acceptors (Lipinski definition) is 7. The Morgan fingerprint density at radius 1 is 1.33 bits per heavy atom. The topological polar surface area (TPSA) is 107 Å². The van der Waals surface area contributed by atoms with E-state index in [4.69, 9.17) is 0 Å². The lowest BCUT2D eigenvalue weighted by molar-refractivity contribution is -0.385. The number of nitrogens with one attached hydrogen (secondary N) is 1. The number of anilines is 1. The van der Waals surface area contributed by atoms with Crippen LogP contribution in [0.15, 0.2) is 18.6 Å². The monoisotopic (exact) mass is 246 g/mol. The Morgan fingerprint density at radius 2 is 2.11 bits per heavy atom. The number of hydrogen-bond donors (Lipinski definition) is 1. The Morgan fingerprint density at radius 3 is 2.67 bits per heavy atom. The fourth-order valence-electron chi connectivity index (χ4n) is 1.50. The van der Waals surface area contributed by atoms with Crippen LogP contribution in [0, 0.1) is 17.0 Å². The smallest absolute Gasteiger partial charge is 0.318 e. The summed E-state index contributed by atoms with van der Waals surface area (Å²) in [6.07, 6.45) is 4.37. The van der Waals surface area contributed by atoms with E-state index in [1.54, 1.807) is 14.0 Å². The molecule has 92 valence electrons. The second-order valence-electron chi connectivity index (χ2n) is 3.43. The molecule has 2 aromatic rings. The second kappa shape index (κ2) is 4.70. The maximum Gasteiger partial charge on any atom is 0.318 e. The first-order valence-electron chi connectivity index (χ1n) is 5.10. The first-order valence-corrected chi connectivity index (χ1v) is 5.10. The second-order valence-corrected chi connectivity index (χ2v) is 3.43. The first-order chi connectivity index (χ1) is 8.63. The summed E-state index contributed by atoms with van der Waals surface area (Å²) < 4.78 is 0. The average molecular weight is 246 g/mol. The molecule has 0 amide bonds. The van der Waals surface area contributed by atoms with Crippen LogP contribution >= 0.6 is 0 Å². The molecule has 2 aromatic heterocycles. The molecule has 0 radical (unpaired) electrons. The van der Waals surface area contributed by atoms with Gasteiger partial charge in [-0.15, -0.1) is 0 Å². The maximum absolute atomic E-state index is 11.1. The quantitative estimate of drug-likeness (QED) is 0.640. The predicted molar refractivity (Wildman–Crippen MR) is 64.0 cm³/mol. The number of nitrogens with zero attached hydrogens (tertiary/aromatic N) is 5. The van der Waals surface area contributed by atoms with Crippen LogP contribution in [-0.4, -0.2) is 31.9 Å². The highest BCUT2D eigenvalue weighted by Gasteiger charge is 2.23. The van der Waals surface area contributed by atoms with Crippen molar-refractivity contribution in [2.24, 2.45) is 0 Å². The van der Waals surface area contributed by atoms with Gasteiger partial charge in [-0.25, -0.2) is 9.97 Å². The zero-order chi connectivity index (χ0) is 13.1. The van der Waals surface area contributed by atoms with Crippen molar-refractivity contribution in [1.82, 2.24) is 19.9 Å². The van der Waals surface area contributed by atoms with Gasteiger partial charge in [0.2, 0.25) is 5.95 Å². The van der Waals surface area contributed by atoms with Crippen LogP contribution in [-0.2, 0) is 0 Å². The molecular weight excluding hydrogens is 236 g/mol. The van der Waals surface area contributed by atoms with Gasteiger partial charge in [0.25, 0.3) is 0 Å². The fourth-order valence-corrected chi connectivity index (χ4v) is 1.50. The van der Waals surface area contributed by atoms with Gasteiger partial charge >= 0.3 is 5.69 Å². The molecule has 2 rings (SSSR count). The van der Waals surface area contributed by atoms with Gasteiger partial charge in [0.15, 0.2) is 5.69 Å². The van der Waals surface area contributed by atoms with Crippen molar-refractivity contribution < 1.29 is 4.92 Å². The molecule has 2 heterocycles. The van der Waals surface area contributed by atoms with E-state index in [0.29, 0.717) is 11.6 Å². The Hall–Kier alpha value is -2.64. The summed E-state index contributed by atoms with van der Waals surface area (Å²) in [5, 5.41) is 13.8. The number of nitro groups is 1. The van der Waals surface area contributed by atoms with E-state index in [1.807, 2.05) is 0 Å². The SMILES string of the molecule is CNc1nc(C)c([N+](=O)[O-])c(-c2cnccn2)n1. The van der Waals surface area contributed by atoms with Crippen LogP contribution in [0.1, 0.15) is 5.69 Å². The molecule has 0 bridgehead atoms. The minimum Gasteiger partial charge on any atom is -0.357 e. The molecule has 0 atom stereocenters. The van der Waals surface area contributed by atoms with Gasteiger partial charge in [-0.1, -0.05) is 0 Å². The van der Waals surface area contributed by atoms with Crippen LogP contribution in [0.4, 0.5) is 11.6 Å². The van der Waals surface area contributed by atoms with E-state index in [2.05, 4.69) is 25.3 Å². The van der Waals surface area contributed by atoms with Crippen LogP contribution in [0.25, 0.3) is 11.4 Å². The van der Waals surface area contributed by atoms with Crippen LogP contribution in [0.3, 0.4) is 0 Å². The van der Waals surface area contributed by atoms with Crippen molar-refractivity contribution in [3.63, 3.8) is 0 Å². The van der Waals surface area contributed by atoms with Crippen molar-refractivity contribution in [3.05, 3.63) is 34.4 Å². The Bertz CT molecular complexity index is 586. The van der Waals surface area contributed by atoms with Gasteiger partial charge in [0.1, 0.15) is 11.4 Å². The van der Waals surface area contributed by atoms with E-state index in [1.165, 1.54) is 18.6 Å². The van der Waals surface area contributed by atoms with Crippen molar-refractivity contribution in [1.29, 1.82) is 0 Å². The van der Waals surface area contributed by atoms with Gasteiger partial charge in [0, 0.05) is 19.4 Å². The fraction of sp³-hybridized carbons (Fsp3) is 0.200. The van der Waals surface area contributed by atoms with Crippen LogP contribution in [0.2, 0.25) is 0 Å². The molecule has 0 spiro atoms. The first kappa shape index (κ1) is 11.8. The molecule has 0 saturated carbocycles. The minimum absolute atomic E-state index is 0.157. The molecule has 0 unspecified atom stereocenters. The van der Waals surface area contributed by atoms with Crippen molar-refractivity contribution in [3.8, 4) is 11.4 Å². The molecule has 0 aliphatic rings. The third kappa shape index (κ3) is 2.08. The Labute approximate surface area is 102 Å². The highest BCUT2D eigenvalue weighted by molar-refractivity contribution is 5.68. The van der Waals surface area contributed by atoms with Gasteiger partial charge in [-0.3, -0.25) is 20.1 Å². The lowest BCUT2D eigenvalue weighted by atomic mass is 10.2. The maximum atomic E-state index is 11.1. The third-order valence-electron chi connectivity index (χ3n) is 2.27. The molecule has 8 heteroatoms. The summed E-state index contributed by atoms with van der Waals surface area (Å²) in [6, 6.07) is 0. The molecule has 1 N–H and O–H groups in total. The average Bonchev–Trinajstić information content (AvgIpc) is 2.38. The molecule has 18 heavy (non-hydrogen) atoms. The zero-order valence-corrected chi connectivity index (χ0v) is 9.78. The Kier molecular flexibility index (Phi) is 3.09. The lowest BCUT2D eigenvalue weighted by Gasteiger charge is -2.06. The third-order valence-corrected chi connectivity index (χ3v) is 2.27. The summed E-state index contributed by atoms with van der Waals surface area (Å²) in [7, 11) is 1.64. The standard InChI is InChI=1S/C10H10N6O2/c1-6-9(16(17)18)8(15-10(11-2)14-6)7-5-12-3-4-13-7/h3-5H,1-2H3,(H,11,14,15). The van der Waals surface area contributed by atoms with E-state index < -0.39 is 4.92 Å². The van der Waals surface area contributed by atoms with E-state index in [9.17, 15) is 10.1 Å². The summed E-state index contributed by atoms with van der Waals surface area (Å²) in [5.41, 5.74) is 0.616. The summed E-state index contributed by atoms with van der Waals surface area (Å²) in [6.45, 7) is 1.56. The van der Waals surface area contributed by atoms with Crippen LogP contribution < -0.4 is 5.32 Å². The van der Waals surface area contributed by atoms with E-state index in [0.717, 1.165) is 0 Å².